The predicted octanol–water partition coefficient (Wildman–Crippen LogP) is 3.17. The van der Waals surface area contributed by atoms with Crippen molar-refractivity contribution >= 4 is 38.9 Å². The normalized spacial score (nSPS) is 16.9. The molecule has 154 valence electrons. The second-order valence-corrected chi connectivity index (χ2v) is 9.34. The van der Waals surface area contributed by atoms with Gasteiger partial charge in [-0.2, -0.15) is 0 Å². The van der Waals surface area contributed by atoms with E-state index in [0.717, 1.165) is 17.5 Å². The fraction of sp³-hybridized carbons (Fsp3) is 0.333. The first-order valence-corrected chi connectivity index (χ1v) is 11.3. The molecule has 2 aromatic rings. The molecule has 1 aliphatic heterocycles. The van der Waals surface area contributed by atoms with Crippen molar-refractivity contribution in [2.45, 2.75) is 26.2 Å². The van der Waals surface area contributed by atoms with Gasteiger partial charge in [0.2, 0.25) is 21.8 Å². The average Bonchev–Trinajstić information content (AvgIpc) is 3.04. The molecule has 8 heteroatoms. The van der Waals surface area contributed by atoms with Crippen LogP contribution in [-0.4, -0.2) is 33.0 Å². The summed E-state index contributed by atoms with van der Waals surface area (Å²) in [5, 5.41) is 2.80. The summed E-state index contributed by atoms with van der Waals surface area (Å²) in [4.78, 5) is 26.8. The van der Waals surface area contributed by atoms with Gasteiger partial charge >= 0.3 is 0 Å². The van der Waals surface area contributed by atoms with E-state index in [1.165, 1.54) is 0 Å². The van der Waals surface area contributed by atoms with Crippen LogP contribution in [0.1, 0.15) is 31.7 Å². The lowest BCUT2D eigenvalue weighted by atomic mass is 10.0. The van der Waals surface area contributed by atoms with Crippen LogP contribution in [0.25, 0.3) is 0 Å². The molecular weight excluding hydrogens is 390 g/mol. The highest BCUT2D eigenvalue weighted by atomic mass is 32.2. The zero-order valence-corrected chi connectivity index (χ0v) is 17.5. The molecule has 2 amide bonds. The van der Waals surface area contributed by atoms with Crippen LogP contribution < -0.4 is 14.9 Å². The third kappa shape index (κ3) is 5.35. The second-order valence-electron chi connectivity index (χ2n) is 7.60. The van der Waals surface area contributed by atoms with Gasteiger partial charge in [0.25, 0.3) is 0 Å². The lowest BCUT2D eigenvalue weighted by Gasteiger charge is -2.18. The Bertz CT molecular complexity index is 1020. The van der Waals surface area contributed by atoms with Crippen molar-refractivity contribution < 1.29 is 18.0 Å². The van der Waals surface area contributed by atoms with Gasteiger partial charge in [-0.15, -0.1) is 0 Å². The Morgan fingerprint density at radius 1 is 1.10 bits per heavy atom. The molecule has 1 heterocycles. The van der Waals surface area contributed by atoms with Crippen LogP contribution in [0.4, 0.5) is 17.1 Å². The largest absolute Gasteiger partial charge is 0.326 e. The summed E-state index contributed by atoms with van der Waals surface area (Å²) < 4.78 is 24.9. The highest BCUT2D eigenvalue weighted by Gasteiger charge is 2.35. The number of carbonyl (C=O) groups is 2. The number of sulfonamides is 1. The third-order valence-electron chi connectivity index (χ3n) is 4.80. The van der Waals surface area contributed by atoms with E-state index in [9.17, 15) is 18.0 Å². The molecular formula is C21H25N3O4S. The van der Waals surface area contributed by atoms with E-state index in [1.54, 1.807) is 29.2 Å². The van der Waals surface area contributed by atoms with Gasteiger partial charge in [0.15, 0.2) is 0 Å². The SMILES string of the molecule is CC(C)c1cccc(N2C[C@H](C(=O)Nc3ccc(NS(C)(=O)=O)cc3)CC2=O)c1. The van der Waals surface area contributed by atoms with Crippen LogP contribution in [-0.2, 0) is 19.6 Å². The van der Waals surface area contributed by atoms with E-state index in [2.05, 4.69) is 23.9 Å². The fourth-order valence-electron chi connectivity index (χ4n) is 3.26. The van der Waals surface area contributed by atoms with Gasteiger partial charge in [0, 0.05) is 30.0 Å². The molecule has 29 heavy (non-hydrogen) atoms. The first kappa shape index (κ1) is 20.9. The molecule has 1 aliphatic rings. The Morgan fingerprint density at radius 3 is 2.38 bits per heavy atom. The molecule has 0 saturated carbocycles. The quantitative estimate of drug-likeness (QED) is 0.757. The van der Waals surface area contributed by atoms with Crippen LogP contribution in [0.3, 0.4) is 0 Å². The summed E-state index contributed by atoms with van der Waals surface area (Å²) >= 11 is 0. The maximum absolute atomic E-state index is 12.6. The van der Waals surface area contributed by atoms with E-state index in [-0.39, 0.29) is 18.2 Å². The van der Waals surface area contributed by atoms with Crippen LogP contribution in [0.5, 0.6) is 0 Å². The number of amides is 2. The van der Waals surface area contributed by atoms with E-state index in [1.807, 2.05) is 24.3 Å². The number of hydrogen-bond donors (Lipinski definition) is 2. The average molecular weight is 416 g/mol. The minimum Gasteiger partial charge on any atom is -0.326 e. The molecule has 3 rings (SSSR count). The molecule has 1 fully saturated rings. The minimum absolute atomic E-state index is 0.0706. The summed E-state index contributed by atoms with van der Waals surface area (Å²) in [5.74, 6) is -0.394. The molecule has 0 radical (unpaired) electrons. The van der Waals surface area contributed by atoms with Gasteiger partial charge in [-0.05, 0) is 47.9 Å². The van der Waals surface area contributed by atoms with E-state index in [4.69, 9.17) is 0 Å². The molecule has 1 atom stereocenters. The van der Waals surface area contributed by atoms with Crippen molar-refractivity contribution in [1.29, 1.82) is 0 Å². The summed E-state index contributed by atoms with van der Waals surface area (Å²) in [6.07, 6.45) is 1.23. The van der Waals surface area contributed by atoms with Gasteiger partial charge in [-0.1, -0.05) is 26.0 Å². The van der Waals surface area contributed by atoms with Crippen molar-refractivity contribution in [3.05, 3.63) is 54.1 Å². The highest BCUT2D eigenvalue weighted by Crippen LogP contribution is 2.28. The number of nitrogens with one attached hydrogen (secondary N) is 2. The maximum atomic E-state index is 12.6. The Balaban J connectivity index is 1.65. The molecule has 7 nitrogen and oxygen atoms in total. The van der Waals surface area contributed by atoms with Crippen molar-refractivity contribution in [2.75, 3.05) is 27.7 Å². The Kier molecular flexibility index (Phi) is 5.93. The Hall–Kier alpha value is -2.87. The lowest BCUT2D eigenvalue weighted by molar-refractivity contribution is -0.122. The molecule has 0 unspecified atom stereocenters. The summed E-state index contributed by atoms with van der Waals surface area (Å²) in [6.45, 7) is 4.52. The highest BCUT2D eigenvalue weighted by molar-refractivity contribution is 7.92. The van der Waals surface area contributed by atoms with E-state index >= 15 is 0 Å². The molecule has 2 aromatic carbocycles. The summed E-state index contributed by atoms with van der Waals surface area (Å²) in [5.41, 5.74) is 2.92. The lowest BCUT2D eigenvalue weighted by Crippen LogP contribution is -2.28. The topological polar surface area (TPSA) is 95.6 Å². The zero-order valence-electron chi connectivity index (χ0n) is 16.7. The van der Waals surface area contributed by atoms with Crippen molar-refractivity contribution in [2.24, 2.45) is 5.92 Å². The van der Waals surface area contributed by atoms with Crippen LogP contribution in [0.2, 0.25) is 0 Å². The van der Waals surface area contributed by atoms with Crippen LogP contribution in [0, 0.1) is 5.92 Å². The molecule has 2 N–H and O–H groups in total. The number of hydrogen-bond acceptors (Lipinski definition) is 4. The third-order valence-corrected chi connectivity index (χ3v) is 5.41. The summed E-state index contributed by atoms with van der Waals surface area (Å²) in [7, 11) is -3.35. The number of benzene rings is 2. The molecule has 0 aliphatic carbocycles. The van der Waals surface area contributed by atoms with Gasteiger partial charge < -0.3 is 10.2 Å². The van der Waals surface area contributed by atoms with Crippen molar-refractivity contribution in [3.8, 4) is 0 Å². The smallest absolute Gasteiger partial charge is 0.229 e. The summed E-state index contributed by atoms with van der Waals surface area (Å²) in [6, 6.07) is 14.2. The molecule has 0 aromatic heterocycles. The van der Waals surface area contributed by atoms with Crippen molar-refractivity contribution in [3.63, 3.8) is 0 Å². The van der Waals surface area contributed by atoms with Crippen LogP contribution in [0.15, 0.2) is 48.5 Å². The van der Waals surface area contributed by atoms with Crippen molar-refractivity contribution in [1.82, 2.24) is 0 Å². The number of carbonyl (C=O) groups excluding carboxylic acids is 2. The number of anilines is 3. The monoisotopic (exact) mass is 415 g/mol. The first-order chi connectivity index (χ1) is 13.6. The van der Waals surface area contributed by atoms with Crippen LogP contribution >= 0.6 is 0 Å². The van der Waals surface area contributed by atoms with E-state index in [0.29, 0.717) is 23.8 Å². The Labute approximate surface area is 171 Å². The zero-order chi connectivity index (χ0) is 21.2. The molecule has 0 bridgehead atoms. The second kappa shape index (κ2) is 8.24. The number of nitrogens with zero attached hydrogens (tertiary/aromatic N) is 1. The predicted molar refractivity (Wildman–Crippen MR) is 115 cm³/mol. The van der Waals surface area contributed by atoms with Gasteiger partial charge in [0.05, 0.1) is 12.2 Å². The minimum atomic E-state index is -3.35. The van der Waals surface area contributed by atoms with E-state index < -0.39 is 15.9 Å². The maximum Gasteiger partial charge on any atom is 0.229 e. The first-order valence-electron chi connectivity index (χ1n) is 9.41. The van der Waals surface area contributed by atoms with Gasteiger partial charge in [-0.3, -0.25) is 14.3 Å². The van der Waals surface area contributed by atoms with Gasteiger partial charge in [0.1, 0.15) is 0 Å². The molecule has 0 spiro atoms. The molecule has 1 saturated heterocycles. The fourth-order valence-corrected chi connectivity index (χ4v) is 3.83. The number of rotatable bonds is 6. The standard InChI is InChI=1S/C21H25N3O4S/c1-14(2)15-5-4-6-19(11-15)24-13-16(12-20(24)25)21(26)22-17-7-9-18(10-8-17)23-29(3,27)28/h4-11,14,16,23H,12-13H2,1-3H3,(H,22,26)/t16-/m1/s1. The Morgan fingerprint density at radius 2 is 1.76 bits per heavy atom. The van der Waals surface area contributed by atoms with Gasteiger partial charge in [-0.25, -0.2) is 8.42 Å².